The number of fused-ring (bicyclic) bond motifs is 2. The van der Waals surface area contributed by atoms with Crippen LogP contribution in [0.3, 0.4) is 0 Å². The number of aromatic nitrogens is 1. The molecule has 5 rings (SSSR count). The third-order valence-corrected chi connectivity index (χ3v) is 7.74. The number of para-hydroxylation sites is 1. The molecule has 1 aliphatic heterocycles. The van der Waals surface area contributed by atoms with Crippen molar-refractivity contribution in [3.8, 4) is 11.5 Å². The zero-order valence-corrected chi connectivity index (χ0v) is 21.6. The van der Waals surface area contributed by atoms with Crippen LogP contribution >= 0.6 is 0 Å². The number of anilines is 1. The molecule has 38 heavy (non-hydrogen) atoms. The number of carbonyl (C=O) groups is 1. The molecule has 0 saturated carbocycles. The number of methoxy groups -OCH3 is 1. The monoisotopic (exact) mass is 539 g/mol. The summed E-state index contributed by atoms with van der Waals surface area (Å²) in [6.07, 6.45) is 0.137. The number of amides is 1. The predicted molar refractivity (Wildman–Crippen MR) is 139 cm³/mol. The van der Waals surface area contributed by atoms with Gasteiger partial charge in [-0.1, -0.05) is 24.3 Å². The van der Waals surface area contributed by atoms with E-state index in [1.54, 1.807) is 12.0 Å². The lowest BCUT2D eigenvalue weighted by atomic mass is 9.89. The average molecular weight is 540 g/mol. The molecule has 198 valence electrons. The maximum absolute atomic E-state index is 13.8. The topological polar surface area (TPSA) is 111 Å². The van der Waals surface area contributed by atoms with Gasteiger partial charge >= 0.3 is 0 Å². The van der Waals surface area contributed by atoms with Gasteiger partial charge < -0.3 is 18.8 Å². The van der Waals surface area contributed by atoms with E-state index >= 15 is 0 Å². The summed E-state index contributed by atoms with van der Waals surface area (Å²) < 4.78 is 57.9. The first kappa shape index (κ1) is 25.5. The van der Waals surface area contributed by atoms with E-state index in [0.29, 0.717) is 17.0 Å². The van der Waals surface area contributed by atoms with Crippen molar-refractivity contribution < 1.29 is 31.5 Å². The second-order valence-corrected chi connectivity index (χ2v) is 10.8. The fraction of sp³-hybridized carbons (Fsp3) is 0.259. The fourth-order valence-corrected chi connectivity index (χ4v) is 5.07. The zero-order valence-electron chi connectivity index (χ0n) is 20.8. The van der Waals surface area contributed by atoms with E-state index in [9.17, 15) is 17.6 Å². The van der Waals surface area contributed by atoms with E-state index in [1.165, 1.54) is 25.1 Å². The molecule has 1 aromatic heterocycles. The van der Waals surface area contributed by atoms with Crippen molar-refractivity contribution in [1.29, 1.82) is 0 Å². The number of oxazole rings is 1. The van der Waals surface area contributed by atoms with Crippen molar-refractivity contribution in [3.05, 3.63) is 83.2 Å². The molecule has 0 fully saturated rings. The second-order valence-electron chi connectivity index (χ2n) is 8.81. The molecule has 3 aromatic carbocycles. The summed E-state index contributed by atoms with van der Waals surface area (Å²) in [6, 6.07) is 16.1. The third-order valence-electron chi connectivity index (χ3n) is 6.47. The van der Waals surface area contributed by atoms with Crippen LogP contribution in [0.2, 0.25) is 0 Å². The Kier molecular flexibility index (Phi) is 6.94. The van der Waals surface area contributed by atoms with Crippen LogP contribution in [0.1, 0.15) is 23.6 Å². The first-order valence-corrected chi connectivity index (χ1v) is 13.7. The van der Waals surface area contributed by atoms with Crippen LogP contribution in [0, 0.1) is 5.82 Å². The molecule has 1 N–H and O–H groups in total. The Balaban J connectivity index is 1.56. The van der Waals surface area contributed by atoms with Gasteiger partial charge in [0.05, 0.1) is 12.9 Å². The SMILES string of the molecule is CCS(=O)(=O)NC(=O)C1Cc2c(ccc(OC)c2COc2ccccc2)CN1c1nc2ccc(F)cc2o1. The first-order valence-electron chi connectivity index (χ1n) is 12.0. The summed E-state index contributed by atoms with van der Waals surface area (Å²) in [4.78, 5) is 19.4. The Hall–Kier alpha value is -4.12. The summed E-state index contributed by atoms with van der Waals surface area (Å²) in [5.41, 5.74) is 3.07. The maximum atomic E-state index is 13.8. The Morgan fingerprint density at radius 3 is 2.71 bits per heavy atom. The maximum Gasteiger partial charge on any atom is 0.299 e. The highest BCUT2D eigenvalue weighted by molar-refractivity contribution is 7.90. The number of halogens is 1. The molecular formula is C27H26FN3O6S. The first-order chi connectivity index (χ1) is 18.3. The molecule has 4 aromatic rings. The van der Waals surface area contributed by atoms with E-state index in [1.807, 2.05) is 42.5 Å². The summed E-state index contributed by atoms with van der Waals surface area (Å²) in [5, 5.41) is 0. The predicted octanol–water partition coefficient (Wildman–Crippen LogP) is 3.95. The molecule has 2 heterocycles. The Morgan fingerprint density at radius 2 is 1.97 bits per heavy atom. The molecule has 0 spiro atoms. The minimum atomic E-state index is -3.83. The van der Waals surface area contributed by atoms with Gasteiger partial charge in [-0.3, -0.25) is 9.52 Å². The zero-order chi connectivity index (χ0) is 26.9. The minimum Gasteiger partial charge on any atom is -0.496 e. The third kappa shape index (κ3) is 5.14. The number of nitrogens with zero attached hydrogens (tertiary/aromatic N) is 2. The van der Waals surface area contributed by atoms with Crippen LogP contribution < -0.4 is 19.1 Å². The number of ether oxygens (including phenoxy) is 2. The average Bonchev–Trinajstić information content (AvgIpc) is 3.34. The van der Waals surface area contributed by atoms with Crippen LogP contribution in [0.15, 0.2) is 65.1 Å². The van der Waals surface area contributed by atoms with Gasteiger partial charge in [0.25, 0.3) is 11.9 Å². The van der Waals surface area contributed by atoms with Crippen molar-refractivity contribution in [3.63, 3.8) is 0 Å². The summed E-state index contributed by atoms with van der Waals surface area (Å²) >= 11 is 0. The Morgan fingerprint density at radius 1 is 1.18 bits per heavy atom. The normalized spacial score (nSPS) is 15.2. The molecule has 1 amide bonds. The molecule has 1 unspecified atom stereocenters. The number of carbonyl (C=O) groups excluding carboxylic acids is 1. The molecule has 1 aliphatic rings. The number of nitrogens with one attached hydrogen (secondary N) is 1. The summed E-state index contributed by atoms with van der Waals surface area (Å²) in [7, 11) is -2.27. The van der Waals surface area contributed by atoms with E-state index in [4.69, 9.17) is 13.9 Å². The number of rotatable bonds is 8. The molecule has 9 nitrogen and oxygen atoms in total. The van der Waals surface area contributed by atoms with Gasteiger partial charge in [0.1, 0.15) is 35.5 Å². The Labute approximate surface area is 219 Å². The van der Waals surface area contributed by atoms with E-state index in [-0.39, 0.29) is 36.9 Å². The lowest BCUT2D eigenvalue weighted by molar-refractivity contribution is -0.120. The number of sulfonamides is 1. The molecule has 1 atom stereocenters. The van der Waals surface area contributed by atoms with Crippen molar-refractivity contribution in [2.24, 2.45) is 0 Å². The van der Waals surface area contributed by atoms with Crippen LogP contribution in [0.25, 0.3) is 11.1 Å². The molecule has 0 saturated heterocycles. The summed E-state index contributed by atoms with van der Waals surface area (Å²) in [5.74, 6) is -0.197. The lowest BCUT2D eigenvalue weighted by Gasteiger charge is -2.36. The number of benzene rings is 3. The van der Waals surface area contributed by atoms with Crippen LogP contribution in [-0.4, -0.2) is 38.2 Å². The van der Waals surface area contributed by atoms with Gasteiger partial charge in [-0.15, -0.1) is 0 Å². The highest BCUT2D eigenvalue weighted by atomic mass is 32.2. The minimum absolute atomic E-state index is 0.0863. The standard InChI is InChI=1S/C27H26FN3O6S/c1-3-38(33,34)30-26(32)23-14-20-17(15-31(23)27-29-22-11-10-18(28)13-25(22)37-27)9-12-24(35-2)21(20)16-36-19-7-5-4-6-8-19/h4-13,23H,3,14-16H2,1-2H3,(H,30,32). The molecule has 0 bridgehead atoms. The van der Waals surface area contributed by atoms with Gasteiger partial charge in [0, 0.05) is 24.6 Å². The van der Waals surface area contributed by atoms with Gasteiger partial charge in [-0.25, -0.2) is 12.8 Å². The smallest absolute Gasteiger partial charge is 0.299 e. The van der Waals surface area contributed by atoms with Crippen molar-refractivity contribution in [1.82, 2.24) is 9.71 Å². The van der Waals surface area contributed by atoms with Crippen molar-refractivity contribution >= 4 is 33.0 Å². The van der Waals surface area contributed by atoms with Crippen LogP contribution in [-0.2, 0) is 34.4 Å². The molecule has 0 aliphatic carbocycles. The van der Waals surface area contributed by atoms with E-state index < -0.39 is 27.8 Å². The fourth-order valence-electron chi connectivity index (χ4n) is 4.48. The van der Waals surface area contributed by atoms with Crippen molar-refractivity contribution in [2.45, 2.75) is 32.5 Å². The van der Waals surface area contributed by atoms with Crippen LogP contribution in [0.5, 0.6) is 11.5 Å². The van der Waals surface area contributed by atoms with Gasteiger partial charge in [-0.05, 0) is 48.4 Å². The van der Waals surface area contributed by atoms with Crippen molar-refractivity contribution in [2.75, 3.05) is 17.8 Å². The lowest BCUT2D eigenvalue weighted by Crippen LogP contribution is -2.52. The number of hydrogen-bond donors (Lipinski definition) is 1. The number of hydrogen-bond acceptors (Lipinski definition) is 8. The van der Waals surface area contributed by atoms with Gasteiger partial charge in [0.2, 0.25) is 10.0 Å². The highest BCUT2D eigenvalue weighted by Gasteiger charge is 2.37. The quantitative estimate of drug-likeness (QED) is 0.358. The van der Waals surface area contributed by atoms with Crippen LogP contribution in [0.4, 0.5) is 10.4 Å². The van der Waals surface area contributed by atoms with Gasteiger partial charge in [0.15, 0.2) is 5.58 Å². The largest absolute Gasteiger partial charge is 0.496 e. The molecule has 0 radical (unpaired) electrons. The molecule has 11 heteroatoms. The highest BCUT2D eigenvalue weighted by Crippen LogP contribution is 2.36. The van der Waals surface area contributed by atoms with E-state index in [2.05, 4.69) is 9.71 Å². The van der Waals surface area contributed by atoms with Gasteiger partial charge in [-0.2, -0.15) is 4.98 Å². The molecular weight excluding hydrogens is 513 g/mol. The van der Waals surface area contributed by atoms with E-state index in [0.717, 1.165) is 16.7 Å². The Bertz CT molecular complexity index is 1590. The second kappa shape index (κ2) is 10.3. The summed E-state index contributed by atoms with van der Waals surface area (Å²) in [6.45, 7) is 1.82.